The molecule has 0 aliphatic carbocycles. The highest BCUT2D eigenvalue weighted by atomic mass is 19.3. The molecule has 1 N–H and O–H groups in total. The third-order valence-corrected chi connectivity index (χ3v) is 3.54. The van der Waals surface area contributed by atoms with Crippen LogP contribution in [-0.4, -0.2) is 56.9 Å². The summed E-state index contributed by atoms with van der Waals surface area (Å²) in [4.78, 5) is 13.9. The van der Waals surface area contributed by atoms with Crippen molar-refractivity contribution < 1.29 is 27.8 Å². The first-order chi connectivity index (χ1) is 11.5. The highest BCUT2D eigenvalue weighted by Gasteiger charge is 2.24. The molecule has 6 nitrogen and oxygen atoms in total. The molecule has 134 valence electrons. The van der Waals surface area contributed by atoms with Gasteiger partial charge in [-0.25, -0.2) is 0 Å². The van der Waals surface area contributed by atoms with Gasteiger partial charge >= 0.3 is 6.61 Å². The Kier molecular flexibility index (Phi) is 6.74. The maximum absolute atomic E-state index is 12.4. The molecule has 0 radical (unpaired) electrons. The second-order valence-corrected chi connectivity index (χ2v) is 5.37. The smallest absolute Gasteiger partial charge is 0.387 e. The molecule has 2 rings (SSSR count). The van der Waals surface area contributed by atoms with Gasteiger partial charge in [-0.15, -0.1) is 0 Å². The molecule has 0 bridgehead atoms. The summed E-state index contributed by atoms with van der Waals surface area (Å²) in [5.41, 5.74) is 0.757. The van der Waals surface area contributed by atoms with Gasteiger partial charge in [-0.05, 0) is 24.6 Å². The lowest BCUT2D eigenvalue weighted by Gasteiger charge is -2.27. The number of carbonyl (C=O) groups excluding carboxylic acids is 1. The summed E-state index contributed by atoms with van der Waals surface area (Å²) < 4.78 is 39.9. The Hall–Kier alpha value is -1.93. The Morgan fingerprint density at radius 1 is 1.46 bits per heavy atom. The highest BCUT2D eigenvalue weighted by molar-refractivity contribution is 5.81. The quantitative estimate of drug-likeness (QED) is 0.815. The first kappa shape index (κ1) is 18.4. The lowest BCUT2D eigenvalue weighted by atomic mass is 10.1. The van der Waals surface area contributed by atoms with Crippen LogP contribution >= 0.6 is 0 Å². The van der Waals surface area contributed by atoms with Crippen LogP contribution in [0.3, 0.4) is 0 Å². The van der Waals surface area contributed by atoms with Gasteiger partial charge in [-0.2, -0.15) is 8.78 Å². The Bertz CT molecular complexity index is 551. The number of nitrogens with zero attached hydrogens (tertiary/aromatic N) is 1. The summed E-state index contributed by atoms with van der Waals surface area (Å²) >= 11 is 0. The molecule has 1 aromatic rings. The van der Waals surface area contributed by atoms with E-state index in [4.69, 9.17) is 9.47 Å². The minimum Gasteiger partial charge on any atom is -0.490 e. The van der Waals surface area contributed by atoms with Gasteiger partial charge in [0.15, 0.2) is 11.5 Å². The zero-order valence-electron chi connectivity index (χ0n) is 13.8. The van der Waals surface area contributed by atoms with E-state index in [-0.39, 0.29) is 23.4 Å². The van der Waals surface area contributed by atoms with Crippen LogP contribution in [-0.2, 0) is 16.1 Å². The third-order valence-electron chi connectivity index (χ3n) is 3.54. The molecule has 1 aliphatic heterocycles. The molecule has 1 fully saturated rings. The normalized spacial score (nSPS) is 17.6. The number of hydrogen-bond acceptors (Lipinski definition) is 5. The summed E-state index contributed by atoms with van der Waals surface area (Å²) in [5, 5.41) is 3.10. The maximum atomic E-state index is 12.4. The van der Waals surface area contributed by atoms with Gasteiger partial charge in [0.1, 0.15) is 6.04 Å². The number of hydrogen-bond donors (Lipinski definition) is 1. The molecule has 1 aliphatic rings. The maximum Gasteiger partial charge on any atom is 0.387 e. The molecule has 1 amide bonds. The number of benzene rings is 1. The molecule has 1 atom stereocenters. The van der Waals surface area contributed by atoms with Crippen LogP contribution in [0.1, 0.15) is 12.5 Å². The number of carbonyl (C=O) groups is 1. The van der Waals surface area contributed by atoms with E-state index in [1.807, 2.05) is 0 Å². The summed E-state index contributed by atoms with van der Waals surface area (Å²) in [6.45, 7) is 1.05. The van der Waals surface area contributed by atoms with Gasteiger partial charge in [-0.3, -0.25) is 4.79 Å². The summed E-state index contributed by atoms with van der Waals surface area (Å²) in [6, 6.07) is 4.30. The van der Waals surface area contributed by atoms with E-state index in [1.165, 1.54) is 6.07 Å². The van der Waals surface area contributed by atoms with E-state index < -0.39 is 6.61 Å². The number of morpholine rings is 1. The number of alkyl halides is 2. The zero-order chi connectivity index (χ0) is 17.5. The van der Waals surface area contributed by atoms with Crippen LogP contribution in [0.4, 0.5) is 8.78 Å². The summed E-state index contributed by atoms with van der Waals surface area (Å²) in [5.74, 6) is 0.128. The van der Waals surface area contributed by atoms with Crippen LogP contribution in [0.15, 0.2) is 18.2 Å². The third kappa shape index (κ3) is 5.04. The topological polar surface area (TPSA) is 60.0 Å². The van der Waals surface area contributed by atoms with Crippen molar-refractivity contribution >= 4 is 5.91 Å². The van der Waals surface area contributed by atoms with Crippen LogP contribution in [0.2, 0.25) is 0 Å². The molecule has 1 unspecified atom stereocenters. The molecular weight excluding hydrogens is 322 g/mol. The van der Waals surface area contributed by atoms with Crippen molar-refractivity contribution in [2.24, 2.45) is 0 Å². The predicted molar refractivity (Wildman–Crippen MR) is 83.3 cm³/mol. The van der Waals surface area contributed by atoms with Crippen LogP contribution < -0.4 is 14.8 Å². The first-order valence-corrected chi connectivity index (χ1v) is 7.78. The largest absolute Gasteiger partial charge is 0.490 e. The van der Waals surface area contributed by atoms with E-state index in [9.17, 15) is 13.6 Å². The Balaban J connectivity index is 2.05. The molecule has 1 heterocycles. The van der Waals surface area contributed by atoms with Gasteiger partial charge in [0.25, 0.3) is 0 Å². The standard InChI is InChI=1S/C16H22F2N2O4/c1-3-23-14-8-11(4-5-13(14)24-16(17)18)9-20(2)15(21)12-10-22-7-6-19-12/h4-5,8,12,16,19H,3,6-7,9-10H2,1-2H3. The number of amides is 1. The van der Waals surface area contributed by atoms with Gasteiger partial charge in [-0.1, -0.05) is 6.07 Å². The molecule has 0 saturated carbocycles. The predicted octanol–water partition coefficient (Wildman–Crippen LogP) is 1.63. The van der Waals surface area contributed by atoms with Crippen LogP contribution in [0.5, 0.6) is 11.5 Å². The number of likely N-dealkylation sites (N-methyl/N-ethyl adjacent to an activating group) is 1. The van der Waals surface area contributed by atoms with E-state index in [1.54, 1.807) is 31.0 Å². The minimum absolute atomic E-state index is 0.0214. The Labute approximate surface area is 139 Å². The fraction of sp³-hybridized carbons (Fsp3) is 0.562. The van der Waals surface area contributed by atoms with Crippen molar-refractivity contribution in [3.63, 3.8) is 0 Å². The number of halogens is 2. The molecule has 1 aromatic carbocycles. The average Bonchev–Trinajstić information content (AvgIpc) is 2.57. The Morgan fingerprint density at radius 3 is 2.88 bits per heavy atom. The van der Waals surface area contributed by atoms with Crippen molar-refractivity contribution in [3.05, 3.63) is 23.8 Å². The van der Waals surface area contributed by atoms with E-state index >= 15 is 0 Å². The zero-order valence-corrected chi connectivity index (χ0v) is 13.8. The van der Waals surface area contributed by atoms with Gasteiger partial charge in [0.2, 0.25) is 5.91 Å². The van der Waals surface area contributed by atoms with E-state index in [0.717, 1.165) is 5.56 Å². The summed E-state index contributed by atoms with van der Waals surface area (Å²) in [7, 11) is 1.68. The SMILES string of the molecule is CCOc1cc(CN(C)C(=O)C2COCCN2)ccc1OC(F)F. The number of ether oxygens (including phenoxy) is 3. The first-order valence-electron chi connectivity index (χ1n) is 7.78. The Morgan fingerprint density at radius 2 is 2.25 bits per heavy atom. The monoisotopic (exact) mass is 344 g/mol. The summed E-state index contributed by atoms with van der Waals surface area (Å²) in [6.07, 6.45) is 0. The van der Waals surface area contributed by atoms with Crippen molar-refractivity contribution in [2.45, 2.75) is 26.1 Å². The second kappa shape index (κ2) is 8.79. The lowest BCUT2D eigenvalue weighted by Crippen LogP contribution is -2.51. The van der Waals surface area contributed by atoms with Gasteiger partial charge in [0, 0.05) is 20.1 Å². The fourth-order valence-electron chi connectivity index (χ4n) is 2.45. The van der Waals surface area contributed by atoms with E-state index in [2.05, 4.69) is 10.1 Å². The van der Waals surface area contributed by atoms with Crippen molar-refractivity contribution in [1.29, 1.82) is 0 Å². The average molecular weight is 344 g/mol. The number of nitrogens with one attached hydrogen (secondary N) is 1. The van der Waals surface area contributed by atoms with E-state index in [0.29, 0.717) is 32.9 Å². The minimum atomic E-state index is -2.92. The van der Waals surface area contributed by atoms with Crippen LogP contribution in [0, 0.1) is 0 Å². The lowest BCUT2D eigenvalue weighted by molar-refractivity contribution is -0.135. The number of rotatable bonds is 7. The molecule has 0 aromatic heterocycles. The molecule has 1 saturated heterocycles. The van der Waals surface area contributed by atoms with Gasteiger partial charge < -0.3 is 24.4 Å². The fourth-order valence-corrected chi connectivity index (χ4v) is 2.45. The highest BCUT2D eigenvalue weighted by Crippen LogP contribution is 2.30. The van der Waals surface area contributed by atoms with Crippen LogP contribution in [0.25, 0.3) is 0 Å². The second-order valence-electron chi connectivity index (χ2n) is 5.37. The molecular formula is C16H22F2N2O4. The van der Waals surface area contributed by atoms with Crippen molar-refractivity contribution in [1.82, 2.24) is 10.2 Å². The van der Waals surface area contributed by atoms with Crippen molar-refractivity contribution in [3.8, 4) is 11.5 Å². The van der Waals surface area contributed by atoms with Crippen molar-refractivity contribution in [2.75, 3.05) is 33.4 Å². The molecule has 8 heteroatoms. The molecule has 24 heavy (non-hydrogen) atoms. The van der Waals surface area contributed by atoms with Gasteiger partial charge in [0.05, 0.1) is 19.8 Å². The molecule has 0 spiro atoms.